The van der Waals surface area contributed by atoms with Gasteiger partial charge in [-0.3, -0.25) is 4.79 Å². The van der Waals surface area contributed by atoms with Crippen LogP contribution in [0.25, 0.3) is 5.57 Å². The van der Waals surface area contributed by atoms with Gasteiger partial charge in [-0.25, -0.2) is 4.39 Å². The van der Waals surface area contributed by atoms with Crippen molar-refractivity contribution in [3.63, 3.8) is 0 Å². The molecule has 1 aromatic carbocycles. The van der Waals surface area contributed by atoms with Crippen molar-refractivity contribution in [3.05, 3.63) is 41.2 Å². The van der Waals surface area contributed by atoms with Crippen molar-refractivity contribution in [1.29, 1.82) is 0 Å². The van der Waals surface area contributed by atoms with Gasteiger partial charge in [-0.1, -0.05) is 18.9 Å². The minimum absolute atomic E-state index is 0.0287. The summed E-state index contributed by atoms with van der Waals surface area (Å²) < 4.78 is 13.3. The van der Waals surface area contributed by atoms with Crippen LogP contribution in [0.3, 0.4) is 0 Å². The van der Waals surface area contributed by atoms with Crippen molar-refractivity contribution in [1.82, 2.24) is 5.32 Å². The quantitative estimate of drug-likeness (QED) is 0.812. The fourth-order valence-electron chi connectivity index (χ4n) is 3.09. The van der Waals surface area contributed by atoms with Gasteiger partial charge in [0.05, 0.1) is 0 Å². The minimum Gasteiger partial charge on any atom is -0.350 e. The Balaban J connectivity index is 1.74. The summed E-state index contributed by atoms with van der Waals surface area (Å²) in [4.78, 5) is 12.0. The molecule has 0 atom stereocenters. The molecule has 1 N–H and O–H groups in total. The van der Waals surface area contributed by atoms with Crippen molar-refractivity contribution < 1.29 is 9.18 Å². The van der Waals surface area contributed by atoms with Gasteiger partial charge in [0.1, 0.15) is 5.82 Å². The average molecular weight is 259 g/mol. The van der Waals surface area contributed by atoms with Crippen LogP contribution in [0, 0.1) is 5.82 Å². The Morgan fingerprint density at radius 1 is 1.26 bits per heavy atom. The number of rotatable bonds is 2. The van der Waals surface area contributed by atoms with E-state index in [1.54, 1.807) is 6.08 Å². The zero-order valence-electron chi connectivity index (χ0n) is 10.9. The van der Waals surface area contributed by atoms with Crippen LogP contribution < -0.4 is 5.32 Å². The average Bonchev–Trinajstić information content (AvgIpc) is 3.00. The van der Waals surface area contributed by atoms with E-state index in [9.17, 15) is 9.18 Å². The Morgan fingerprint density at radius 3 is 2.84 bits per heavy atom. The molecule has 2 aliphatic carbocycles. The van der Waals surface area contributed by atoms with Gasteiger partial charge in [-0.05, 0) is 54.5 Å². The summed E-state index contributed by atoms with van der Waals surface area (Å²) in [6, 6.07) is 5.18. The summed E-state index contributed by atoms with van der Waals surface area (Å²) in [6.07, 6.45) is 7.96. The molecule has 1 aromatic rings. The first-order valence-electron chi connectivity index (χ1n) is 7.02. The van der Waals surface area contributed by atoms with Gasteiger partial charge >= 0.3 is 0 Å². The summed E-state index contributed by atoms with van der Waals surface area (Å²) in [7, 11) is 0. The topological polar surface area (TPSA) is 29.1 Å². The highest BCUT2D eigenvalue weighted by Gasteiger charge is 2.20. The molecule has 19 heavy (non-hydrogen) atoms. The smallest absolute Gasteiger partial charge is 0.244 e. The van der Waals surface area contributed by atoms with Crippen molar-refractivity contribution in [2.75, 3.05) is 0 Å². The number of aryl methyl sites for hydroxylation is 1. The molecule has 1 saturated carbocycles. The van der Waals surface area contributed by atoms with Crippen LogP contribution in [0.2, 0.25) is 0 Å². The number of carbonyl (C=O) groups is 1. The molecule has 0 aliphatic heterocycles. The normalized spacial score (nSPS) is 20.8. The molecule has 1 fully saturated rings. The second-order valence-electron chi connectivity index (χ2n) is 5.46. The second-order valence-corrected chi connectivity index (χ2v) is 5.46. The lowest BCUT2D eigenvalue weighted by Crippen LogP contribution is -2.31. The zero-order valence-corrected chi connectivity index (χ0v) is 10.9. The number of benzene rings is 1. The number of carbonyl (C=O) groups excluding carboxylic acids is 1. The van der Waals surface area contributed by atoms with Crippen molar-refractivity contribution in [3.8, 4) is 0 Å². The van der Waals surface area contributed by atoms with Crippen LogP contribution in [0.15, 0.2) is 24.3 Å². The molecule has 2 nitrogen and oxygen atoms in total. The molecule has 0 radical (unpaired) electrons. The van der Waals surface area contributed by atoms with Crippen LogP contribution in [-0.4, -0.2) is 11.9 Å². The third kappa shape index (κ3) is 2.70. The number of allylic oxidation sites excluding steroid dienone is 1. The Labute approximate surface area is 112 Å². The van der Waals surface area contributed by atoms with Crippen LogP contribution in [-0.2, 0) is 11.2 Å². The van der Waals surface area contributed by atoms with Gasteiger partial charge in [0, 0.05) is 12.1 Å². The maximum absolute atomic E-state index is 13.3. The number of nitrogens with one attached hydrogen (secondary N) is 1. The van der Waals surface area contributed by atoms with Crippen LogP contribution in [0.1, 0.15) is 43.2 Å². The molecule has 0 unspecified atom stereocenters. The molecule has 0 spiro atoms. The minimum atomic E-state index is -0.234. The predicted molar refractivity (Wildman–Crippen MR) is 73.1 cm³/mol. The monoisotopic (exact) mass is 259 g/mol. The van der Waals surface area contributed by atoms with E-state index in [-0.39, 0.29) is 11.7 Å². The Bertz CT molecular complexity index is 530. The van der Waals surface area contributed by atoms with E-state index >= 15 is 0 Å². The maximum atomic E-state index is 13.3. The predicted octanol–water partition coefficient (Wildman–Crippen LogP) is 3.21. The van der Waals surface area contributed by atoms with E-state index in [0.29, 0.717) is 6.04 Å². The molecule has 1 amide bonds. The molecule has 0 aromatic heterocycles. The van der Waals surface area contributed by atoms with E-state index in [0.717, 1.165) is 42.4 Å². The summed E-state index contributed by atoms with van der Waals surface area (Å²) in [6.45, 7) is 0. The van der Waals surface area contributed by atoms with Crippen LogP contribution >= 0.6 is 0 Å². The van der Waals surface area contributed by atoms with E-state index in [4.69, 9.17) is 0 Å². The highest BCUT2D eigenvalue weighted by Crippen LogP contribution is 2.32. The van der Waals surface area contributed by atoms with E-state index in [1.165, 1.54) is 25.0 Å². The van der Waals surface area contributed by atoms with Gasteiger partial charge in [-0.15, -0.1) is 0 Å². The molecule has 0 saturated heterocycles. The molecule has 3 rings (SSSR count). The lowest BCUT2D eigenvalue weighted by molar-refractivity contribution is -0.117. The molecule has 0 heterocycles. The SMILES string of the molecule is O=C(/C=C1/CCc2ccc(F)cc21)NC1CCCC1. The molecular weight excluding hydrogens is 241 g/mol. The van der Waals surface area contributed by atoms with Gasteiger partial charge in [0.15, 0.2) is 0 Å². The highest BCUT2D eigenvalue weighted by atomic mass is 19.1. The standard InChI is InChI=1S/C16H18FNO/c17-13-8-7-11-5-6-12(15(11)10-13)9-16(19)18-14-3-1-2-4-14/h7-10,14H,1-6H2,(H,18,19)/b12-9-. The van der Waals surface area contributed by atoms with E-state index in [1.807, 2.05) is 6.07 Å². The fraction of sp³-hybridized carbons (Fsp3) is 0.438. The lowest BCUT2D eigenvalue weighted by atomic mass is 10.1. The summed E-state index contributed by atoms with van der Waals surface area (Å²) in [5.41, 5.74) is 3.01. The molecule has 3 heteroatoms. The summed E-state index contributed by atoms with van der Waals surface area (Å²) >= 11 is 0. The molecular formula is C16H18FNO. The van der Waals surface area contributed by atoms with Crippen LogP contribution in [0.5, 0.6) is 0 Å². The van der Waals surface area contributed by atoms with Gasteiger partial charge in [-0.2, -0.15) is 0 Å². The second kappa shape index (κ2) is 5.16. The van der Waals surface area contributed by atoms with Crippen LogP contribution in [0.4, 0.5) is 4.39 Å². The third-order valence-electron chi connectivity index (χ3n) is 4.09. The van der Waals surface area contributed by atoms with Gasteiger partial charge in [0.2, 0.25) is 5.91 Å². The first kappa shape index (κ1) is 12.4. The third-order valence-corrected chi connectivity index (χ3v) is 4.09. The number of fused-ring (bicyclic) bond motifs is 1. The molecule has 2 aliphatic rings. The lowest BCUT2D eigenvalue weighted by Gasteiger charge is -2.10. The Kier molecular flexibility index (Phi) is 3.36. The van der Waals surface area contributed by atoms with E-state index in [2.05, 4.69) is 5.32 Å². The van der Waals surface area contributed by atoms with E-state index < -0.39 is 0 Å². The van der Waals surface area contributed by atoms with Gasteiger partial charge in [0.25, 0.3) is 0 Å². The maximum Gasteiger partial charge on any atom is 0.244 e. The first-order chi connectivity index (χ1) is 9.22. The Morgan fingerprint density at radius 2 is 2.05 bits per heavy atom. The first-order valence-corrected chi connectivity index (χ1v) is 7.02. The van der Waals surface area contributed by atoms with Crippen molar-refractivity contribution in [2.45, 2.75) is 44.6 Å². The fourth-order valence-corrected chi connectivity index (χ4v) is 3.09. The number of amides is 1. The molecule has 100 valence electrons. The number of hydrogen-bond acceptors (Lipinski definition) is 1. The van der Waals surface area contributed by atoms with Crippen molar-refractivity contribution >= 4 is 11.5 Å². The highest BCUT2D eigenvalue weighted by molar-refractivity contribution is 5.96. The number of hydrogen-bond donors (Lipinski definition) is 1. The van der Waals surface area contributed by atoms with Gasteiger partial charge < -0.3 is 5.32 Å². The summed E-state index contributed by atoms with van der Waals surface area (Å²) in [5, 5.41) is 3.04. The molecule has 0 bridgehead atoms. The number of halogens is 1. The largest absolute Gasteiger partial charge is 0.350 e. The Hall–Kier alpha value is -1.64. The van der Waals surface area contributed by atoms with Crippen molar-refractivity contribution in [2.24, 2.45) is 0 Å². The summed E-state index contributed by atoms with van der Waals surface area (Å²) in [5.74, 6) is -0.262. The zero-order chi connectivity index (χ0) is 13.2.